The lowest BCUT2D eigenvalue weighted by atomic mass is 10.2. The molecule has 0 bridgehead atoms. The molecule has 4 aromatic rings. The van der Waals surface area contributed by atoms with Gasteiger partial charge in [-0.3, -0.25) is 9.36 Å². The highest BCUT2D eigenvalue weighted by atomic mass is 16.1. The van der Waals surface area contributed by atoms with E-state index < -0.39 is 0 Å². The van der Waals surface area contributed by atoms with Crippen LogP contribution in [0.5, 0.6) is 0 Å². The van der Waals surface area contributed by atoms with E-state index in [0.29, 0.717) is 34.0 Å². The van der Waals surface area contributed by atoms with Gasteiger partial charge in [-0.2, -0.15) is 9.50 Å². The van der Waals surface area contributed by atoms with Gasteiger partial charge in [-0.25, -0.2) is 9.97 Å². The summed E-state index contributed by atoms with van der Waals surface area (Å²) in [6.45, 7) is 3.60. The molecule has 0 spiro atoms. The standard InChI is InChI=1S/C15H12N6O/c1-9-13-11(21-15(17-9)18-10(2)19-21)6-8-20(14(13)22)12-5-3-4-7-16-12/h3-8H,1-2H3. The Morgan fingerprint density at radius 1 is 1.09 bits per heavy atom. The first-order valence-electron chi connectivity index (χ1n) is 6.82. The van der Waals surface area contributed by atoms with Crippen molar-refractivity contribution in [3.8, 4) is 5.82 Å². The fourth-order valence-corrected chi connectivity index (χ4v) is 2.56. The molecule has 7 nitrogen and oxygen atoms in total. The maximum atomic E-state index is 12.8. The molecule has 0 radical (unpaired) electrons. The summed E-state index contributed by atoms with van der Waals surface area (Å²) in [5, 5.41) is 4.82. The average Bonchev–Trinajstić information content (AvgIpc) is 2.88. The van der Waals surface area contributed by atoms with Crippen LogP contribution < -0.4 is 5.56 Å². The quantitative estimate of drug-likeness (QED) is 0.530. The van der Waals surface area contributed by atoms with Crippen LogP contribution in [0, 0.1) is 13.8 Å². The molecule has 7 heteroatoms. The number of hydrogen-bond acceptors (Lipinski definition) is 5. The Kier molecular flexibility index (Phi) is 2.56. The SMILES string of the molecule is Cc1nc2nc(C)c3c(=O)n(-c4ccccn4)ccc3n2n1. The van der Waals surface area contributed by atoms with Crippen LogP contribution in [0.4, 0.5) is 0 Å². The molecule has 0 saturated carbocycles. The van der Waals surface area contributed by atoms with Gasteiger partial charge in [0.1, 0.15) is 11.6 Å². The predicted octanol–water partition coefficient (Wildman–Crippen LogP) is 1.44. The first-order chi connectivity index (χ1) is 10.6. The highest BCUT2D eigenvalue weighted by Gasteiger charge is 2.14. The second-order valence-electron chi connectivity index (χ2n) is 5.01. The Morgan fingerprint density at radius 2 is 1.95 bits per heavy atom. The summed E-state index contributed by atoms with van der Waals surface area (Å²) in [5.74, 6) is 1.69. The molecular formula is C15H12N6O. The van der Waals surface area contributed by atoms with Gasteiger partial charge in [-0.1, -0.05) is 6.07 Å². The van der Waals surface area contributed by atoms with Crippen LogP contribution in [0.3, 0.4) is 0 Å². The third-order valence-electron chi connectivity index (χ3n) is 3.52. The molecule has 0 aliphatic heterocycles. The zero-order valence-corrected chi connectivity index (χ0v) is 12.1. The van der Waals surface area contributed by atoms with E-state index in [4.69, 9.17) is 0 Å². The van der Waals surface area contributed by atoms with Gasteiger partial charge in [0.05, 0.1) is 16.6 Å². The van der Waals surface area contributed by atoms with E-state index in [9.17, 15) is 4.79 Å². The molecule has 108 valence electrons. The maximum absolute atomic E-state index is 12.8. The minimum Gasteiger partial charge on any atom is -0.268 e. The van der Waals surface area contributed by atoms with Crippen LogP contribution in [0.15, 0.2) is 41.5 Å². The summed E-state index contributed by atoms with van der Waals surface area (Å²) >= 11 is 0. The molecule has 4 aromatic heterocycles. The Balaban J connectivity index is 2.14. The first-order valence-corrected chi connectivity index (χ1v) is 6.82. The summed E-state index contributed by atoms with van der Waals surface area (Å²) in [4.78, 5) is 25.7. The Labute approximate surface area is 124 Å². The van der Waals surface area contributed by atoms with E-state index in [1.54, 1.807) is 36.8 Å². The Morgan fingerprint density at radius 3 is 2.73 bits per heavy atom. The second kappa shape index (κ2) is 4.45. The fraction of sp³-hybridized carbons (Fsp3) is 0.133. The summed E-state index contributed by atoms with van der Waals surface area (Å²) in [7, 11) is 0. The van der Waals surface area contributed by atoms with Crippen molar-refractivity contribution in [2.45, 2.75) is 13.8 Å². The highest BCUT2D eigenvalue weighted by molar-refractivity contribution is 5.82. The Hall–Kier alpha value is -3.09. The summed E-state index contributed by atoms with van der Waals surface area (Å²) < 4.78 is 3.11. The number of nitrogens with zero attached hydrogens (tertiary/aromatic N) is 6. The van der Waals surface area contributed by atoms with Crippen molar-refractivity contribution < 1.29 is 0 Å². The number of aromatic nitrogens is 6. The maximum Gasteiger partial charge on any atom is 0.267 e. The molecule has 0 aliphatic carbocycles. The van der Waals surface area contributed by atoms with Crippen molar-refractivity contribution >= 4 is 16.7 Å². The van der Waals surface area contributed by atoms with E-state index in [2.05, 4.69) is 20.1 Å². The van der Waals surface area contributed by atoms with Crippen LogP contribution >= 0.6 is 0 Å². The zero-order chi connectivity index (χ0) is 15.3. The predicted molar refractivity (Wildman–Crippen MR) is 81.2 cm³/mol. The largest absolute Gasteiger partial charge is 0.268 e. The summed E-state index contributed by atoms with van der Waals surface area (Å²) in [6.07, 6.45) is 3.35. The number of fused-ring (bicyclic) bond motifs is 3. The number of pyridine rings is 2. The van der Waals surface area contributed by atoms with Crippen molar-refractivity contribution in [3.63, 3.8) is 0 Å². The van der Waals surface area contributed by atoms with Gasteiger partial charge >= 0.3 is 0 Å². The van der Waals surface area contributed by atoms with Crippen molar-refractivity contribution in [1.82, 2.24) is 29.1 Å². The van der Waals surface area contributed by atoms with Crippen LogP contribution in [-0.2, 0) is 0 Å². The molecule has 0 N–H and O–H groups in total. The van der Waals surface area contributed by atoms with E-state index in [1.165, 1.54) is 4.57 Å². The summed E-state index contributed by atoms with van der Waals surface area (Å²) in [6, 6.07) is 7.27. The fourth-order valence-electron chi connectivity index (χ4n) is 2.56. The van der Waals surface area contributed by atoms with Gasteiger partial charge in [0.25, 0.3) is 11.3 Å². The lowest BCUT2D eigenvalue weighted by molar-refractivity contribution is 0.919. The molecule has 0 saturated heterocycles. The molecular weight excluding hydrogens is 280 g/mol. The van der Waals surface area contributed by atoms with Crippen molar-refractivity contribution in [2.75, 3.05) is 0 Å². The average molecular weight is 292 g/mol. The van der Waals surface area contributed by atoms with Crippen LogP contribution in [0.2, 0.25) is 0 Å². The van der Waals surface area contributed by atoms with E-state index in [1.807, 2.05) is 18.2 Å². The first kappa shape index (κ1) is 12.6. The smallest absolute Gasteiger partial charge is 0.267 e. The molecule has 0 atom stereocenters. The molecule has 4 rings (SSSR count). The minimum atomic E-state index is -0.170. The molecule has 0 aromatic carbocycles. The van der Waals surface area contributed by atoms with Crippen LogP contribution in [-0.4, -0.2) is 29.1 Å². The van der Waals surface area contributed by atoms with Crippen LogP contribution in [0.1, 0.15) is 11.5 Å². The van der Waals surface area contributed by atoms with E-state index in [-0.39, 0.29) is 5.56 Å². The Bertz CT molecular complexity index is 1060. The molecule has 4 heterocycles. The molecule has 0 aliphatic rings. The third-order valence-corrected chi connectivity index (χ3v) is 3.52. The highest BCUT2D eigenvalue weighted by Crippen LogP contribution is 2.15. The molecule has 0 unspecified atom stereocenters. The minimum absolute atomic E-state index is 0.170. The number of rotatable bonds is 1. The van der Waals surface area contributed by atoms with Gasteiger partial charge in [0, 0.05) is 12.4 Å². The monoisotopic (exact) mass is 292 g/mol. The van der Waals surface area contributed by atoms with Crippen LogP contribution in [0.25, 0.3) is 22.5 Å². The zero-order valence-electron chi connectivity index (χ0n) is 12.1. The lowest BCUT2D eigenvalue weighted by Crippen LogP contribution is -2.20. The number of hydrogen-bond donors (Lipinski definition) is 0. The summed E-state index contributed by atoms with van der Waals surface area (Å²) in [5.41, 5.74) is 1.15. The van der Waals surface area contributed by atoms with E-state index in [0.717, 1.165) is 0 Å². The van der Waals surface area contributed by atoms with Gasteiger partial charge in [0.2, 0.25) is 0 Å². The van der Waals surface area contributed by atoms with Gasteiger partial charge < -0.3 is 0 Å². The van der Waals surface area contributed by atoms with E-state index >= 15 is 0 Å². The third kappa shape index (κ3) is 1.72. The normalized spacial score (nSPS) is 11.4. The van der Waals surface area contributed by atoms with Gasteiger partial charge in [-0.15, -0.1) is 5.10 Å². The van der Waals surface area contributed by atoms with Crippen molar-refractivity contribution in [1.29, 1.82) is 0 Å². The lowest BCUT2D eigenvalue weighted by Gasteiger charge is -2.08. The molecule has 0 amide bonds. The van der Waals surface area contributed by atoms with Crippen molar-refractivity contribution in [3.05, 3.63) is 58.5 Å². The molecule has 22 heavy (non-hydrogen) atoms. The molecule has 0 fully saturated rings. The van der Waals surface area contributed by atoms with Gasteiger partial charge in [-0.05, 0) is 32.0 Å². The topological polar surface area (TPSA) is 78.0 Å². The van der Waals surface area contributed by atoms with Crippen molar-refractivity contribution in [2.24, 2.45) is 0 Å². The second-order valence-corrected chi connectivity index (χ2v) is 5.01. The van der Waals surface area contributed by atoms with Gasteiger partial charge in [0.15, 0.2) is 0 Å². The number of aryl methyl sites for hydroxylation is 2.